The summed E-state index contributed by atoms with van der Waals surface area (Å²) in [5, 5.41) is 0. The maximum Gasteiger partial charge on any atom is 0.237 e. The third-order valence-electron chi connectivity index (χ3n) is 3.48. The van der Waals surface area contributed by atoms with Crippen LogP contribution in [-0.4, -0.2) is 69.2 Å². The summed E-state index contributed by atoms with van der Waals surface area (Å²) >= 11 is 0. The zero-order valence-electron chi connectivity index (χ0n) is 12.7. The molecule has 1 rings (SSSR count). The van der Waals surface area contributed by atoms with Gasteiger partial charge in [-0.1, -0.05) is 13.3 Å². The van der Waals surface area contributed by atoms with E-state index in [4.69, 9.17) is 4.74 Å². The van der Waals surface area contributed by atoms with Gasteiger partial charge in [0.15, 0.2) is 0 Å². The van der Waals surface area contributed by atoms with Crippen molar-refractivity contribution in [1.29, 1.82) is 0 Å². The van der Waals surface area contributed by atoms with E-state index in [0.717, 1.165) is 31.9 Å². The third kappa shape index (κ3) is 5.76. The normalized spacial score (nSPS) is 19.5. The molecule has 0 radical (unpaired) electrons. The lowest BCUT2D eigenvalue weighted by Gasteiger charge is -2.25. The van der Waals surface area contributed by atoms with Crippen molar-refractivity contribution in [3.8, 4) is 0 Å². The Kier molecular flexibility index (Phi) is 6.91. The van der Waals surface area contributed by atoms with E-state index in [9.17, 15) is 13.2 Å². The van der Waals surface area contributed by atoms with Crippen LogP contribution >= 0.6 is 0 Å². The monoisotopic (exact) mass is 306 g/mol. The van der Waals surface area contributed by atoms with Crippen molar-refractivity contribution in [3.63, 3.8) is 0 Å². The second kappa shape index (κ2) is 7.95. The standard InChI is InChI=1S/C13H26N2O4S/c1-4-5-8-14(2)13(16)11-15(20(3,17)18)10-12-7-6-9-19-12/h12H,4-11H2,1-3H3. The van der Waals surface area contributed by atoms with E-state index in [1.807, 2.05) is 0 Å². The first-order chi connectivity index (χ1) is 9.34. The molecule has 1 saturated heterocycles. The number of sulfonamides is 1. The van der Waals surface area contributed by atoms with Gasteiger partial charge in [-0.25, -0.2) is 8.42 Å². The molecule has 1 aliphatic heterocycles. The molecule has 1 amide bonds. The number of carbonyl (C=O) groups is 1. The van der Waals surface area contributed by atoms with E-state index in [0.29, 0.717) is 13.2 Å². The first-order valence-electron chi connectivity index (χ1n) is 7.15. The molecule has 0 bridgehead atoms. The minimum Gasteiger partial charge on any atom is -0.377 e. The Morgan fingerprint density at radius 2 is 2.10 bits per heavy atom. The summed E-state index contributed by atoms with van der Waals surface area (Å²) in [6.07, 6.45) is 4.79. The molecular weight excluding hydrogens is 280 g/mol. The second-order valence-electron chi connectivity index (χ2n) is 5.36. The Balaban J connectivity index is 2.58. The van der Waals surface area contributed by atoms with E-state index in [1.54, 1.807) is 11.9 Å². The highest BCUT2D eigenvalue weighted by molar-refractivity contribution is 7.88. The molecule has 0 saturated carbocycles. The van der Waals surface area contributed by atoms with Gasteiger partial charge >= 0.3 is 0 Å². The Bertz CT molecular complexity index is 405. The van der Waals surface area contributed by atoms with Crippen molar-refractivity contribution in [3.05, 3.63) is 0 Å². The number of ether oxygens (including phenoxy) is 1. The SMILES string of the molecule is CCCCN(C)C(=O)CN(CC1CCCO1)S(C)(=O)=O. The van der Waals surface area contributed by atoms with Crippen molar-refractivity contribution in [2.45, 2.75) is 38.7 Å². The summed E-state index contributed by atoms with van der Waals surface area (Å²) in [5.74, 6) is -0.165. The molecule has 0 aromatic carbocycles. The van der Waals surface area contributed by atoms with E-state index in [1.165, 1.54) is 4.31 Å². The number of unbranched alkanes of at least 4 members (excludes halogenated alkanes) is 1. The van der Waals surface area contributed by atoms with Gasteiger partial charge in [-0.15, -0.1) is 0 Å². The van der Waals surface area contributed by atoms with Gasteiger partial charge in [-0.3, -0.25) is 4.79 Å². The number of amides is 1. The highest BCUT2D eigenvalue weighted by atomic mass is 32.2. The summed E-state index contributed by atoms with van der Waals surface area (Å²) in [4.78, 5) is 13.7. The molecule has 1 atom stereocenters. The van der Waals surface area contributed by atoms with Gasteiger partial charge in [0, 0.05) is 26.7 Å². The van der Waals surface area contributed by atoms with Crippen molar-refractivity contribution in [2.24, 2.45) is 0 Å². The number of nitrogens with zero attached hydrogens (tertiary/aromatic N) is 2. The van der Waals surface area contributed by atoms with Gasteiger partial charge in [0.25, 0.3) is 0 Å². The predicted octanol–water partition coefficient (Wildman–Crippen LogP) is 0.686. The molecule has 1 unspecified atom stereocenters. The van der Waals surface area contributed by atoms with Gasteiger partial charge in [-0.05, 0) is 19.3 Å². The van der Waals surface area contributed by atoms with E-state index < -0.39 is 10.0 Å². The summed E-state index contributed by atoms with van der Waals surface area (Å²) in [7, 11) is -1.68. The van der Waals surface area contributed by atoms with Gasteiger partial charge in [-0.2, -0.15) is 4.31 Å². The fraction of sp³-hybridized carbons (Fsp3) is 0.923. The van der Waals surface area contributed by atoms with Gasteiger partial charge in [0.2, 0.25) is 15.9 Å². The van der Waals surface area contributed by atoms with Crippen LogP contribution in [0.15, 0.2) is 0 Å². The molecular formula is C13H26N2O4S. The molecule has 0 aliphatic carbocycles. The summed E-state index contributed by atoms with van der Waals surface area (Å²) in [5.41, 5.74) is 0. The molecule has 1 aliphatic rings. The average molecular weight is 306 g/mol. The summed E-state index contributed by atoms with van der Waals surface area (Å²) < 4.78 is 30.3. The van der Waals surface area contributed by atoms with Crippen LogP contribution < -0.4 is 0 Å². The molecule has 7 heteroatoms. The summed E-state index contributed by atoms with van der Waals surface area (Å²) in [6, 6.07) is 0. The number of carbonyl (C=O) groups excluding carboxylic acids is 1. The highest BCUT2D eigenvalue weighted by Gasteiger charge is 2.27. The lowest BCUT2D eigenvalue weighted by atomic mass is 10.2. The highest BCUT2D eigenvalue weighted by Crippen LogP contribution is 2.15. The van der Waals surface area contributed by atoms with E-state index in [-0.39, 0.29) is 25.1 Å². The molecule has 6 nitrogen and oxygen atoms in total. The smallest absolute Gasteiger partial charge is 0.237 e. The van der Waals surface area contributed by atoms with E-state index in [2.05, 4.69) is 6.92 Å². The maximum atomic E-state index is 12.1. The van der Waals surface area contributed by atoms with Gasteiger partial charge in [0.05, 0.1) is 18.9 Å². The fourth-order valence-corrected chi connectivity index (χ4v) is 2.91. The van der Waals surface area contributed by atoms with Crippen molar-refractivity contribution >= 4 is 15.9 Å². The van der Waals surface area contributed by atoms with Crippen molar-refractivity contribution < 1.29 is 17.9 Å². The van der Waals surface area contributed by atoms with Gasteiger partial charge in [0.1, 0.15) is 0 Å². The summed E-state index contributed by atoms with van der Waals surface area (Å²) in [6.45, 7) is 3.56. The predicted molar refractivity (Wildman–Crippen MR) is 77.9 cm³/mol. The van der Waals surface area contributed by atoms with Crippen LogP contribution in [0.4, 0.5) is 0 Å². The van der Waals surface area contributed by atoms with Crippen LogP contribution in [0, 0.1) is 0 Å². The topological polar surface area (TPSA) is 66.9 Å². The van der Waals surface area contributed by atoms with Crippen LogP contribution in [0.25, 0.3) is 0 Å². The molecule has 0 aromatic rings. The molecule has 1 fully saturated rings. The number of rotatable bonds is 8. The van der Waals surface area contributed by atoms with Crippen LogP contribution in [-0.2, 0) is 19.6 Å². The molecule has 20 heavy (non-hydrogen) atoms. The number of hydrogen-bond acceptors (Lipinski definition) is 4. The third-order valence-corrected chi connectivity index (χ3v) is 4.70. The van der Waals surface area contributed by atoms with Crippen molar-refractivity contribution in [2.75, 3.05) is 39.5 Å². The quantitative estimate of drug-likeness (QED) is 0.661. The second-order valence-corrected chi connectivity index (χ2v) is 7.34. The molecule has 0 aromatic heterocycles. The zero-order valence-corrected chi connectivity index (χ0v) is 13.5. The number of hydrogen-bond donors (Lipinski definition) is 0. The van der Waals surface area contributed by atoms with E-state index >= 15 is 0 Å². The Labute approximate surface area is 122 Å². The lowest BCUT2D eigenvalue weighted by Crippen LogP contribution is -2.44. The van der Waals surface area contributed by atoms with Crippen LogP contribution in [0.5, 0.6) is 0 Å². The zero-order chi connectivity index (χ0) is 15.2. The maximum absolute atomic E-state index is 12.1. The Hall–Kier alpha value is -0.660. The Morgan fingerprint density at radius 1 is 1.40 bits per heavy atom. The molecule has 0 N–H and O–H groups in total. The largest absolute Gasteiger partial charge is 0.377 e. The fourth-order valence-electron chi connectivity index (χ4n) is 2.12. The van der Waals surface area contributed by atoms with Gasteiger partial charge < -0.3 is 9.64 Å². The average Bonchev–Trinajstić information content (AvgIpc) is 2.86. The van der Waals surface area contributed by atoms with Crippen LogP contribution in [0.2, 0.25) is 0 Å². The lowest BCUT2D eigenvalue weighted by molar-refractivity contribution is -0.130. The first kappa shape index (κ1) is 17.4. The molecule has 1 heterocycles. The number of likely N-dealkylation sites (N-methyl/N-ethyl adjacent to an activating group) is 1. The van der Waals surface area contributed by atoms with Crippen LogP contribution in [0.3, 0.4) is 0 Å². The molecule has 118 valence electrons. The minimum absolute atomic E-state index is 0.0847. The Morgan fingerprint density at radius 3 is 2.60 bits per heavy atom. The minimum atomic E-state index is -3.40. The van der Waals surface area contributed by atoms with Crippen molar-refractivity contribution in [1.82, 2.24) is 9.21 Å². The first-order valence-corrected chi connectivity index (χ1v) is 9.00. The molecule has 0 spiro atoms. The van der Waals surface area contributed by atoms with Crippen LogP contribution in [0.1, 0.15) is 32.6 Å².